The van der Waals surface area contributed by atoms with Gasteiger partial charge in [-0.15, -0.1) is 0 Å². The van der Waals surface area contributed by atoms with Gasteiger partial charge < -0.3 is 4.90 Å². The fourth-order valence-corrected chi connectivity index (χ4v) is 2.14. The fourth-order valence-electron chi connectivity index (χ4n) is 2.14. The molecule has 0 fully saturated rings. The predicted octanol–water partition coefficient (Wildman–Crippen LogP) is 4.24. The zero-order valence-corrected chi connectivity index (χ0v) is 11.4. The van der Waals surface area contributed by atoms with Crippen LogP contribution in [0.3, 0.4) is 0 Å². The molecule has 0 atom stereocenters. The summed E-state index contributed by atoms with van der Waals surface area (Å²) in [6.07, 6.45) is 11.1. The summed E-state index contributed by atoms with van der Waals surface area (Å²) in [7, 11) is 0. The van der Waals surface area contributed by atoms with Crippen molar-refractivity contribution in [1.29, 1.82) is 0 Å². The van der Waals surface area contributed by atoms with E-state index in [4.69, 9.17) is 0 Å². The maximum Gasteiger partial charge on any atom is 0.0918 e. The molecule has 1 aliphatic rings. The summed E-state index contributed by atoms with van der Waals surface area (Å²) in [4.78, 5) is 6.73. The highest BCUT2D eigenvalue weighted by molar-refractivity contribution is 5.67. The summed E-state index contributed by atoms with van der Waals surface area (Å²) >= 11 is 0. The molecule has 0 amide bonds. The Balaban J connectivity index is 2.07. The number of para-hydroxylation sites is 1. The van der Waals surface area contributed by atoms with Gasteiger partial charge >= 0.3 is 0 Å². The number of rotatable bonds is 5. The Kier molecular flexibility index (Phi) is 4.73. The summed E-state index contributed by atoms with van der Waals surface area (Å²) in [6, 6.07) is 8.30. The van der Waals surface area contributed by atoms with Crippen LogP contribution >= 0.6 is 0 Å². The fraction of sp³-hybridized carbons (Fsp3) is 0.235. The van der Waals surface area contributed by atoms with Crippen molar-refractivity contribution in [2.45, 2.75) is 19.9 Å². The smallest absolute Gasteiger partial charge is 0.0918 e. The molecule has 0 spiro atoms. The number of fused-ring (bicyclic) bond motifs is 1. The van der Waals surface area contributed by atoms with Crippen LogP contribution in [0.1, 0.15) is 18.9 Å². The Labute approximate surface area is 115 Å². The van der Waals surface area contributed by atoms with Crippen LogP contribution in [-0.4, -0.2) is 17.8 Å². The molecule has 0 saturated heterocycles. The number of hydrogen-bond donors (Lipinski definition) is 0. The van der Waals surface area contributed by atoms with Crippen molar-refractivity contribution >= 4 is 12.0 Å². The minimum Gasteiger partial charge on any atom is -0.354 e. The number of nitrogens with zero attached hydrogens (tertiary/aromatic N) is 2. The average Bonchev–Trinajstić information content (AvgIpc) is 2.45. The van der Waals surface area contributed by atoms with Crippen LogP contribution in [0, 0.1) is 0 Å². The molecule has 0 aromatic heterocycles. The van der Waals surface area contributed by atoms with E-state index < -0.39 is 0 Å². The Morgan fingerprint density at radius 3 is 3.05 bits per heavy atom. The second-order valence-electron chi connectivity index (χ2n) is 4.56. The lowest BCUT2D eigenvalue weighted by atomic mass is 10.1. The molecule has 19 heavy (non-hydrogen) atoms. The second kappa shape index (κ2) is 6.74. The van der Waals surface area contributed by atoms with Crippen molar-refractivity contribution in [2.75, 3.05) is 6.54 Å². The molecule has 0 unspecified atom stereocenters. The van der Waals surface area contributed by atoms with E-state index in [9.17, 15) is 0 Å². The molecule has 0 saturated carbocycles. The first kappa shape index (κ1) is 13.3. The SMILES string of the molecule is C=C/C=C\C(=C/CC)CN1C=Nc2ccccc2C1. The van der Waals surface area contributed by atoms with E-state index in [0.717, 1.165) is 25.2 Å². The molecule has 98 valence electrons. The van der Waals surface area contributed by atoms with Gasteiger partial charge in [-0.2, -0.15) is 0 Å². The largest absolute Gasteiger partial charge is 0.354 e. The predicted molar refractivity (Wildman–Crippen MR) is 82.7 cm³/mol. The third-order valence-corrected chi connectivity index (χ3v) is 3.02. The topological polar surface area (TPSA) is 15.6 Å². The zero-order chi connectivity index (χ0) is 13.5. The van der Waals surface area contributed by atoms with Crippen molar-refractivity contribution in [3.8, 4) is 0 Å². The highest BCUT2D eigenvalue weighted by atomic mass is 15.2. The van der Waals surface area contributed by atoms with E-state index >= 15 is 0 Å². The number of aliphatic imine (C=N–C) groups is 1. The molecule has 1 aliphatic heterocycles. The number of hydrogen-bond acceptors (Lipinski definition) is 2. The van der Waals surface area contributed by atoms with Gasteiger partial charge in [-0.05, 0) is 23.6 Å². The zero-order valence-electron chi connectivity index (χ0n) is 11.4. The van der Waals surface area contributed by atoms with Crippen molar-refractivity contribution in [3.05, 3.63) is 66.3 Å². The third kappa shape index (κ3) is 3.68. The van der Waals surface area contributed by atoms with Gasteiger partial charge in [0.05, 0.1) is 12.0 Å². The van der Waals surface area contributed by atoms with Gasteiger partial charge in [0.25, 0.3) is 0 Å². The second-order valence-corrected chi connectivity index (χ2v) is 4.56. The average molecular weight is 252 g/mol. The molecule has 1 heterocycles. The lowest BCUT2D eigenvalue weighted by Crippen LogP contribution is -2.25. The van der Waals surface area contributed by atoms with Gasteiger partial charge in [0.15, 0.2) is 0 Å². The van der Waals surface area contributed by atoms with E-state index in [1.807, 2.05) is 24.6 Å². The monoisotopic (exact) mass is 252 g/mol. The van der Waals surface area contributed by atoms with Gasteiger partial charge in [0.2, 0.25) is 0 Å². The normalized spacial score (nSPS) is 14.8. The summed E-state index contributed by atoms with van der Waals surface area (Å²) in [6.45, 7) is 7.67. The van der Waals surface area contributed by atoms with E-state index in [0.29, 0.717) is 0 Å². The molecular formula is C17H20N2. The van der Waals surface area contributed by atoms with Crippen LogP contribution in [0.25, 0.3) is 0 Å². The molecule has 1 aromatic rings. The van der Waals surface area contributed by atoms with Gasteiger partial charge in [-0.1, -0.05) is 56.0 Å². The van der Waals surface area contributed by atoms with E-state index in [1.165, 1.54) is 11.1 Å². The van der Waals surface area contributed by atoms with Crippen LogP contribution < -0.4 is 0 Å². The van der Waals surface area contributed by atoms with Gasteiger partial charge in [0.1, 0.15) is 0 Å². The van der Waals surface area contributed by atoms with Gasteiger partial charge in [-0.3, -0.25) is 0 Å². The first-order valence-electron chi connectivity index (χ1n) is 6.67. The molecule has 2 heteroatoms. The third-order valence-electron chi connectivity index (χ3n) is 3.02. The Morgan fingerprint density at radius 1 is 1.42 bits per heavy atom. The summed E-state index contributed by atoms with van der Waals surface area (Å²) in [5.41, 5.74) is 3.67. The van der Waals surface area contributed by atoms with Crippen molar-refractivity contribution in [3.63, 3.8) is 0 Å². The highest BCUT2D eigenvalue weighted by Gasteiger charge is 2.11. The standard InChI is InChI=1S/C17H20N2/c1-3-5-9-15(8-4-2)12-19-13-16-10-6-7-11-17(16)18-14-19/h3,5-11,14H,1,4,12-13H2,2H3/b9-5-,15-8+. The quantitative estimate of drug-likeness (QED) is 0.716. The maximum absolute atomic E-state index is 4.50. The first-order chi connectivity index (χ1) is 9.33. The van der Waals surface area contributed by atoms with Crippen LogP contribution in [-0.2, 0) is 6.54 Å². The lowest BCUT2D eigenvalue weighted by molar-refractivity contribution is 0.457. The van der Waals surface area contributed by atoms with Crippen LogP contribution in [0.5, 0.6) is 0 Å². The molecule has 2 rings (SSSR count). The minimum atomic E-state index is 0.885. The summed E-state index contributed by atoms with van der Waals surface area (Å²) < 4.78 is 0. The van der Waals surface area contributed by atoms with Gasteiger partial charge in [0, 0.05) is 13.1 Å². The lowest BCUT2D eigenvalue weighted by Gasteiger charge is -2.24. The molecule has 2 nitrogen and oxygen atoms in total. The molecule has 0 radical (unpaired) electrons. The van der Waals surface area contributed by atoms with E-state index in [2.05, 4.69) is 53.7 Å². The van der Waals surface area contributed by atoms with Crippen LogP contribution in [0.4, 0.5) is 5.69 Å². The van der Waals surface area contributed by atoms with E-state index in [1.54, 1.807) is 0 Å². The van der Waals surface area contributed by atoms with E-state index in [-0.39, 0.29) is 0 Å². The molecule has 0 N–H and O–H groups in total. The van der Waals surface area contributed by atoms with Gasteiger partial charge in [-0.25, -0.2) is 4.99 Å². The highest BCUT2D eigenvalue weighted by Crippen LogP contribution is 2.23. The Morgan fingerprint density at radius 2 is 2.26 bits per heavy atom. The molecule has 1 aromatic carbocycles. The van der Waals surface area contributed by atoms with Crippen molar-refractivity contribution in [2.24, 2.45) is 4.99 Å². The molecule has 0 bridgehead atoms. The molecule has 0 aliphatic carbocycles. The van der Waals surface area contributed by atoms with Crippen molar-refractivity contribution < 1.29 is 0 Å². The minimum absolute atomic E-state index is 0.885. The molecular weight excluding hydrogens is 232 g/mol. The summed E-state index contributed by atoms with van der Waals surface area (Å²) in [5, 5.41) is 0. The summed E-state index contributed by atoms with van der Waals surface area (Å²) in [5.74, 6) is 0. The van der Waals surface area contributed by atoms with Crippen LogP contribution in [0.2, 0.25) is 0 Å². The number of benzene rings is 1. The Hall–Kier alpha value is -2.09. The number of allylic oxidation sites excluding steroid dienone is 3. The maximum atomic E-state index is 4.50. The van der Waals surface area contributed by atoms with Crippen molar-refractivity contribution in [1.82, 2.24) is 4.90 Å². The Bertz CT molecular complexity index is 524. The first-order valence-corrected chi connectivity index (χ1v) is 6.67. The van der Waals surface area contributed by atoms with Crippen LogP contribution in [0.15, 0.2) is 65.7 Å².